The fraction of sp³-hybridized carbons (Fsp3) is 0.429. The van der Waals surface area contributed by atoms with Gasteiger partial charge in [0.05, 0.1) is 19.1 Å². The topological polar surface area (TPSA) is 75.6 Å². The highest BCUT2D eigenvalue weighted by Crippen LogP contribution is 2.35. The number of benzene rings is 1. The molecule has 0 spiro atoms. The van der Waals surface area contributed by atoms with Gasteiger partial charge in [-0.05, 0) is 37.5 Å². The van der Waals surface area contributed by atoms with Gasteiger partial charge in [-0.25, -0.2) is 4.39 Å². The van der Waals surface area contributed by atoms with Crippen LogP contribution in [0.1, 0.15) is 36.0 Å². The number of hydrogen-bond acceptors (Lipinski definition) is 3. The number of amides is 1. The lowest BCUT2D eigenvalue weighted by molar-refractivity contribution is -0.139. The summed E-state index contributed by atoms with van der Waals surface area (Å²) in [5.74, 6) is -1.92. The normalized spacial score (nSPS) is 16.1. The molecule has 1 aromatic carbocycles. The van der Waals surface area contributed by atoms with E-state index in [-0.39, 0.29) is 17.7 Å². The molecule has 0 atom stereocenters. The number of carbonyl (C=O) groups is 2. The second-order valence-corrected chi connectivity index (χ2v) is 5.01. The Morgan fingerprint density at radius 3 is 2.65 bits per heavy atom. The number of aliphatic carboxylic acids is 1. The van der Waals surface area contributed by atoms with Gasteiger partial charge in [-0.1, -0.05) is 0 Å². The summed E-state index contributed by atoms with van der Waals surface area (Å²) < 4.78 is 18.1. The number of rotatable bonds is 5. The molecule has 0 heterocycles. The molecule has 2 rings (SSSR count). The summed E-state index contributed by atoms with van der Waals surface area (Å²) in [7, 11) is 1.32. The zero-order chi connectivity index (χ0) is 14.8. The lowest BCUT2D eigenvalue weighted by Gasteiger charge is -2.41. The Hall–Kier alpha value is -2.11. The van der Waals surface area contributed by atoms with Crippen LogP contribution in [0.5, 0.6) is 5.75 Å². The highest BCUT2D eigenvalue weighted by atomic mass is 19.1. The third-order valence-corrected chi connectivity index (χ3v) is 3.59. The molecule has 1 aliphatic rings. The quantitative estimate of drug-likeness (QED) is 0.865. The SMILES string of the molecule is COc1cc(C(=O)NC2(CC(=O)O)CCC2)ccc1F. The van der Waals surface area contributed by atoms with Crippen LogP contribution in [0.2, 0.25) is 0 Å². The molecule has 108 valence electrons. The minimum atomic E-state index is -0.943. The van der Waals surface area contributed by atoms with Crippen LogP contribution in [0.15, 0.2) is 18.2 Å². The fourth-order valence-corrected chi connectivity index (χ4v) is 2.35. The van der Waals surface area contributed by atoms with Crippen LogP contribution in [0.25, 0.3) is 0 Å². The van der Waals surface area contributed by atoms with Crippen molar-refractivity contribution in [2.45, 2.75) is 31.2 Å². The number of carboxylic acid groups (broad SMARTS) is 1. The lowest BCUT2D eigenvalue weighted by Crippen LogP contribution is -2.54. The van der Waals surface area contributed by atoms with Gasteiger partial charge in [-0.2, -0.15) is 0 Å². The van der Waals surface area contributed by atoms with Crippen LogP contribution in [-0.4, -0.2) is 29.6 Å². The highest BCUT2D eigenvalue weighted by Gasteiger charge is 2.40. The average Bonchev–Trinajstić information content (AvgIpc) is 2.36. The molecule has 1 saturated carbocycles. The summed E-state index contributed by atoms with van der Waals surface area (Å²) in [5, 5.41) is 11.6. The molecular formula is C14H16FNO4. The fourth-order valence-electron chi connectivity index (χ4n) is 2.35. The molecule has 20 heavy (non-hydrogen) atoms. The zero-order valence-electron chi connectivity index (χ0n) is 11.1. The molecular weight excluding hydrogens is 265 g/mol. The zero-order valence-corrected chi connectivity index (χ0v) is 11.1. The second kappa shape index (κ2) is 5.48. The molecule has 0 radical (unpaired) electrons. The molecule has 1 aliphatic carbocycles. The highest BCUT2D eigenvalue weighted by molar-refractivity contribution is 5.95. The summed E-state index contributed by atoms with van der Waals surface area (Å²) in [4.78, 5) is 23.0. The maximum Gasteiger partial charge on any atom is 0.305 e. The predicted molar refractivity (Wildman–Crippen MR) is 69.3 cm³/mol. The standard InChI is InChI=1S/C14H16FNO4/c1-20-11-7-9(3-4-10(11)15)13(19)16-14(5-2-6-14)8-12(17)18/h3-4,7H,2,5-6,8H2,1H3,(H,16,19)(H,17,18). The first kappa shape index (κ1) is 14.3. The van der Waals surface area contributed by atoms with Gasteiger partial charge in [0, 0.05) is 5.56 Å². The lowest BCUT2D eigenvalue weighted by atomic mass is 9.74. The Balaban J connectivity index is 2.13. The molecule has 1 fully saturated rings. The Kier molecular flexibility index (Phi) is 3.92. The van der Waals surface area contributed by atoms with Crippen molar-refractivity contribution in [1.29, 1.82) is 0 Å². The third kappa shape index (κ3) is 2.89. The number of nitrogens with one attached hydrogen (secondary N) is 1. The van der Waals surface area contributed by atoms with Gasteiger partial charge in [0.15, 0.2) is 11.6 Å². The van der Waals surface area contributed by atoms with E-state index in [0.29, 0.717) is 12.8 Å². The molecule has 0 saturated heterocycles. The summed E-state index contributed by atoms with van der Waals surface area (Å²) in [5.41, 5.74) is -0.426. The summed E-state index contributed by atoms with van der Waals surface area (Å²) in [6.45, 7) is 0. The Bertz CT molecular complexity index is 540. The van der Waals surface area contributed by atoms with Crippen molar-refractivity contribution in [2.24, 2.45) is 0 Å². The summed E-state index contributed by atoms with van der Waals surface area (Å²) in [6, 6.07) is 3.80. The van der Waals surface area contributed by atoms with Crippen molar-refractivity contribution in [2.75, 3.05) is 7.11 Å². The molecule has 1 amide bonds. The van der Waals surface area contributed by atoms with Crippen LogP contribution in [0.4, 0.5) is 4.39 Å². The Morgan fingerprint density at radius 1 is 1.45 bits per heavy atom. The van der Waals surface area contributed by atoms with Crippen molar-refractivity contribution < 1.29 is 23.8 Å². The van der Waals surface area contributed by atoms with E-state index in [1.165, 1.54) is 19.2 Å². The largest absolute Gasteiger partial charge is 0.494 e. The van der Waals surface area contributed by atoms with E-state index in [2.05, 4.69) is 5.32 Å². The monoisotopic (exact) mass is 281 g/mol. The molecule has 0 bridgehead atoms. The number of carboxylic acids is 1. The van der Waals surface area contributed by atoms with E-state index in [0.717, 1.165) is 12.5 Å². The van der Waals surface area contributed by atoms with Gasteiger partial charge in [0.1, 0.15) is 0 Å². The minimum Gasteiger partial charge on any atom is -0.494 e. The summed E-state index contributed by atoms with van der Waals surface area (Å²) >= 11 is 0. The molecule has 1 aromatic rings. The van der Waals surface area contributed by atoms with E-state index in [4.69, 9.17) is 9.84 Å². The van der Waals surface area contributed by atoms with E-state index in [9.17, 15) is 14.0 Å². The van der Waals surface area contributed by atoms with Crippen molar-refractivity contribution in [3.8, 4) is 5.75 Å². The van der Waals surface area contributed by atoms with Crippen LogP contribution in [-0.2, 0) is 4.79 Å². The molecule has 0 unspecified atom stereocenters. The number of hydrogen-bond donors (Lipinski definition) is 2. The maximum absolute atomic E-state index is 13.3. The first-order valence-electron chi connectivity index (χ1n) is 6.34. The third-order valence-electron chi connectivity index (χ3n) is 3.59. The number of methoxy groups -OCH3 is 1. The van der Waals surface area contributed by atoms with Gasteiger partial charge < -0.3 is 15.2 Å². The molecule has 6 heteroatoms. The van der Waals surface area contributed by atoms with Crippen LogP contribution in [0, 0.1) is 5.82 Å². The van der Waals surface area contributed by atoms with E-state index < -0.39 is 23.2 Å². The van der Waals surface area contributed by atoms with Crippen molar-refractivity contribution >= 4 is 11.9 Å². The average molecular weight is 281 g/mol. The van der Waals surface area contributed by atoms with Crippen molar-refractivity contribution in [3.63, 3.8) is 0 Å². The number of halogens is 1. The first-order chi connectivity index (χ1) is 9.46. The Labute approximate surface area is 115 Å². The predicted octanol–water partition coefficient (Wildman–Crippen LogP) is 1.96. The minimum absolute atomic E-state index is 0.0152. The van der Waals surface area contributed by atoms with Gasteiger partial charge in [-0.15, -0.1) is 0 Å². The molecule has 0 aliphatic heterocycles. The molecule has 2 N–H and O–H groups in total. The van der Waals surface area contributed by atoms with Crippen LogP contribution >= 0.6 is 0 Å². The number of carbonyl (C=O) groups excluding carboxylic acids is 1. The van der Waals surface area contributed by atoms with E-state index in [1.807, 2.05) is 0 Å². The Morgan fingerprint density at radius 2 is 2.15 bits per heavy atom. The second-order valence-electron chi connectivity index (χ2n) is 5.01. The smallest absolute Gasteiger partial charge is 0.305 e. The van der Waals surface area contributed by atoms with Gasteiger partial charge in [-0.3, -0.25) is 9.59 Å². The van der Waals surface area contributed by atoms with Crippen LogP contribution in [0.3, 0.4) is 0 Å². The van der Waals surface area contributed by atoms with E-state index in [1.54, 1.807) is 0 Å². The van der Waals surface area contributed by atoms with Gasteiger partial charge in [0.2, 0.25) is 0 Å². The van der Waals surface area contributed by atoms with E-state index >= 15 is 0 Å². The van der Waals surface area contributed by atoms with Gasteiger partial charge in [0.25, 0.3) is 5.91 Å². The van der Waals surface area contributed by atoms with Crippen molar-refractivity contribution in [3.05, 3.63) is 29.6 Å². The van der Waals surface area contributed by atoms with Gasteiger partial charge >= 0.3 is 5.97 Å². The molecule has 0 aromatic heterocycles. The molecule has 5 nitrogen and oxygen atoms in total. The van der Waals surface area contributed by atoms with Crippen LogP contribution < -0.4 is 10.1 Å². The summed E-state index contributed by atoms with van der Waals surface area (Å²) in [6.07, 6.45) is 2.07. The first-order valence-corrected chi connectivity index (χ1v) is 6.34. The number of ether oxygens (including phenoxy) is 1. The maximum atomic E-state index is 13.3. The van der Waals surface area contributed by atoms with Crippen molar-refractivity contribution in [1.82, 2.24) is 5.32 Å².